The van der Waals surface area contributed by atoms with Crippen LogP contribution in [-0.4, -0.2) is 34.9 Å². The Morgan fingerprint density at radius 2 is 1.93 bits per heavy atom. The molecule has 1 aromatic carbocycles. The van der Waals surface area contributed by atoms with Crippen LogP contribution in [0.3, 0.4) is 0 Å². The number of hydrogen-bond donors (Lipinski definition) is 1. The van der Waals surface area contributed by atoms with E-state index < -0.39 is 15.6 Å². The second kappa shape index (κ2) is 7.77. The van der Waals surface area contributed by atoms with E-state index in [0.29, 0.717) is 17.4 Å². The minimum Gasteiger partial charge on any atom is -0.339 e. The molecule has 0 radical (unpaired) electrons. The summed E-state index contributed by atoms with van der Waals surface area (Å²) in [7, 11) is -3.74. The van der Waals surface area contributed by atoms with E-state index in [4.69, 9.17) is 27.7 Å². The Hall–Kier alpha value is -2.27. The molecule has 0 aliphatic carbocycles. The zero-order valence-corrected chi connectivity index (χ0v) is 16.2. The normalized spacial score (nSPS) is 11.7. The summed E-state index contributed by atoms with van der Waals surface area (Å²) in [5.41, 5.74) is -0.258. The summed E-state index contributed by atoms with van der Waals surface area (Å²) in [6, 6.07) is 5.58. The quantitative estimate of drug-likeness (QED) is 0.633. The molecule has 2 heterocycles. The molecule has 3 aromatic rings. The van der Waals surface area contributed by atoms with Crippen LogP contribution in [0.4, 0.5) is 0 Å². The van der Waals surface area contributed by atoms with Gasteiger partial charge in [-0.3, -0.25) is 4.79 Å². The molecule has 0 saturated carbocycles. The van der Waals surface area contributed by atoms with Crippen LogP contribution in [0.5, 0.6) is 0 Å². The molecule has 27 heavy (non-hydrogen) atoms. The van der Waals surface area contributed by atoms with E-state index in [2.05, 4.69) is 20.0 Å². The molecule has 12 heteroatoms. The molecule has 1 N–H and O–H groups in total. The number of nitrogens with zero attached hydrogens (tertiary/aromatic N) is 4. The van der Waals surface area contributed by atoms with Gasteiger partial charge < -0.3 is 4.52 Å². The lowest BCUT2D eigenvalue weighted by Crippen LogP contribution is -2.26. The number of rotatable bonds is 6. The summed E-state index contributed by atoms with van der Waals surface area (Å²) in [6.45, 7) is 1.77. The van der Waals surface area contributed by atoms with E-state index in [0.717, 1.165) is 4.68 Å². The fourth-order valence-electron chi connectivity index (χ4n) is 2.18. The third-order valence-corrected chi connectivity index (χ3v) is 5.69. The summed E-state index contributed by atoms with van der Waals surface area (Å²) >= 11 is 11.6. The van der Waals surface area contributed by atoms with Gasteiger partial charge in [-0.25, -0.2) is 13.1 Å². The summed E-state index contributed by atoms with van der Waals surface area (Å²) in [5, 5.41) is 7.39. The molecule has 0 saturated heterocycles. The fraction of sp³-hybridized carbons (Fsp3) is 0.200. The van der Waals surface area contributed by atoms with Crippen molar-refractivity contribution in [3.8, 4) is 5.69 Å². The van der Waals surface area contributed by atoms with Crippen LogP contribution >= 0.6 is 23.2 Å². The van der Waals surface area contributed by atoms with E-state index in [-0.39, 0.29) is 27.9 Å². The zero-order chi connectivity index (χ0) is 19.6. The van der Waals surface area contributed by atoms with Gasteiger partial charge in [-0.1, -0.05) is 28.4 Å². The molecule has 142 valence electrons. The Kier molecular flexibility index (Phi) is 5.61. The van der Waals surface area contributed by atoms with Crippen LogP contribution in [0, 0.1) is 6.92 Å². The number of aryl methyl sites for hydroxylation is 1. The third kappa shape index (κ3) is 4.35. The molecule has 0 aliphatic rings. The standard InChI is InChI=1S/C15H13Cl2N5O4S/c1-9-20-13(26-21-9)6-7-19-27(24,25)11-4-2-10(3-5-11)22-15(23)14(17)12(16)8-18-22/h2-5,8,19H,6-7H2,1H3. The Labute approximate surface area is 164 Å². The van der Waals surface area contributed by atoms with Gasteiger partial charge in [-0.05, 0) is 31.2 Å². The highest BCUT2D eigenvalue weighted by atomic mass is 35.5. The lowest BCUT2D eigenvalue weighted by molar-refractivity contribution is 0.375. The van der Waals surface area contributed by atoms with Gasteiger partial charge in [0, 0.05) is 13.0 Å². The molecule has 0 amide bonds. The van der Waals surface area contributed by atoms with Crippen molar-refractivity contribution in [2.75, 3.05) is 6.54 Å². The largest absolute Gasteiger partial charge is 0.339 e. The van der Waals surface area contributed by atoms with E-state index in [1.807, 2.05) is 0 Å². The third-order valence-electron chi connectivity index (χ3n) is 3.47. The number of nitrogens with one attached hydrogen (secondary N) is 1. The number of sulfonamides is 1. The van der Waals surface area contributed by atoms with Gasteiger partial charge in [-0.2, -0.15) is 14.8 Å². The molecule has 0 aliphatic heterocycles. The van der Waals surface area contributed by atoms with E-state index in [9.17, 15) is 13.2 Å². The maximum absolute atomic E-state index is 12.3. The van der Waals surface area contributed by atoms with Crippen LogP contribution in [0.1, 0.15) is 11.7 Å². The van der Waals surface area contributed by atoms with Crippen molar-refractivity contribution in [1.29, 1.82) is 0 Å². The Bertz CT molecular complexity index is 1130. The van der Waals surface area contributed by atoms with Gasteiger partial charge in [0.25, 0.3) is 5.56 Å². The van der Waals surface area contributed by atoms with Crippen molar-refractivity contribution < 1.29 is 12.9 Å². The number of benzene rings is 1. The highest BCUT2D eigenvalue weighted by Gasteiger charge is 2.15. The van der Waals surface area contributed by atoms with Crippen molar-refractivity contribution in [2.24, 2.45) is 0 Å². The number of hydrogen-bond acceptors (Lipinski definition) is 7. The molecular formula is C15H13Cl2N5O4S. The van der Waals surface area contributed by atoms with Gasteiger partial charge in [0.1, 0.15) is 5.02 Å². The van der Waals surface area contributed by atoms with Crippen molar-refractivity contribution in [3.05, 3.63) is 62.6 Å². The maximum atomic E-state index is 12.3. The molecule has 0 atom stereocenters. The number of halogens is 2. The zero-order valence-electron chi connectivity index (χ0n) is 13.9. The highest BCUT2D eigenvalue weighted by Crippen LogP contribution is 2.17. The fourth-order valence-corrected chi connectivity index (χ4v) is 3.47. The van der Waals surface area contributed by atoms with Crippen LogP contribution in [0.2, 0.25) is 10.0 Å². The van der Waals surface area contributed by atoms with Crippen LogP contribution in [0.15, 0.2) is 44.7 Å². The highest BCUT2D eigenvalue weighted by molar-refractivity contribution is 7.89. The summed E-state index contributed by atoms with van der Waals surface area (Å²) in [5.74, 6) is 0.824. The second-order valence-corrected chi connectivity index (χ2v) is 7.95. The van der Waals surface area contributed by atoms with Gasteiger partial charge in [0.2, 0.25) is 15.9 Å². The molecule has 3 rings (SSSR count). The predicted molar refractivity (Wildman–Crippen MR) is 97.8 cm³/mol. The average Bonchev–Trinajstić information content (AvgIpc) is 3.05. The van der Waals surface area contributed by atoms with Crippen LogP contribution in [0.25, 0.3) is 5.69 Å². The molecule has 0 spiro atoms. The first kappa shape index (κ1) is 19.5. The number of aromatic nitrogens is 4. The van der Waals surface area contributed by atoms with Crippen LogP contribution < -0.4 is 10.3 Å². The summed E-state index contributed by atoms with van der Waals surface area (Å²) in [6.07, 6.45) is 1.50. The van der Waals surface area contributed by atoms with Gasteiger partial charge in [0.05, 0.1) is 21.8 Å². The lowest BCUT2D eigenvalue weighted by Gasteiger charge is -2.08. The molecule has 0 fully saturated rings. The monoisotopic (exact) mass is 429 g/mol. The first-order chi connectivity index (χ1) is 12.8. The van der Waals surface area contributed by atoms with E-state index in [1.165, 1.54) is 30.5 Å². The first-order valence-corrected chi connectivity index (χ1v) is 9.84. The van der Waals surface area contributed by atoms with Crippen molar-refractivity contribution in [2.45, 2.75) is 18.2 Å². The SMILES string of the molecule is Cc1noc(CCNS(=O)(=O)c2ccc(-n3ncc(Cl)c(Cl)c3=O)cc2)n1. The van der Waals surface area contributed by atoms with Crippen molar-refractivity contribution in [1.82, 2.24) is 24.6 Å². The molecular weight excluding hydrogens is 417 g/mol. The average molecular weight is 430 g/mol. The second-order valence-electron chi connectivity index (χ2n) is 5.40. The molecule has 0 bridgehead atoms. The van der Waals surface area contributed by atoms with E-state index >= 15 is 0 Å². The van der Waals surface area contributed by atoms with Crippen molar-refractivity contribution in [3.63, 3.8) is 0 Å². The molecule has 0 unspecified atom stereocenters. The lowest BCUT2D eigenvalue weighted by atomic mass is 10.3. The topological polar surface area (TPSA) is 120 Å². The molecule has 9 nitrogen and oxygen atoms in total. The summed E-state index contributed by atoms with van der Waals surface area (Å²) < 4.78 is 33.1. The van der Waals surface area contributed by atoms with Gasteiger partial charge in [-0.15, -0.1) is 0 Å². The first-order valence-electron chi connectivity index (χ1n) is 7.60. The van der Waals surface area contributed by atoms with E-state index in [1.54, 1.807) is 6.92 Å². The van der Waals surface area contributed by atoms with Gasteiger partial charge >= 0.3 is 0 Å². The Morgan fingerprint density at radius 3 is 2.56 bits per heavy atom. The van der Waals surface area contributed by atoms with Crippen LogP contribution in [-0.2, 0) is 16.4 Å². The smallest absolute Gasteiger partial charge is 0.291 e. The Morgan fingerprint density at radius 1 is 1.22 bits per heavy atom. The Balaban J connectivity index is 1.74. The summed E-state index contributed by atoms with van der Waals surface area (Å²) in [4.78, 5) is 16.1. The van der Waals surface area contributed by atoms with Crippen molar-refractivity contribution >= 4 is 33.2 Å². The minimum atomic E-state index is -3.74. The predicted octanol–water partition coefficient (Wildman–Crippen LogP) is 1.75. The minimum absolute atomic E-state index is 0.0288. The molecule has 2 aromatic heterocycles. The maximum Gasteiger partial charge on any atom is 0.291 e. The van der Waals surface area contributed by atoms with Gasteiger partial charge in [0.15, 0.2) is 5.82 Å².